The summed E-state index contributed by atoms with van der Waals surface area (Å²) in [6.45, 7) is 1.94. The van der Waals surface area contributed by atoms with Gasteiger partial charge in [-0.2, -0.15) is 5.26 Å². The van der Waals surface area contributed by atoms with Crippen LogP contribution in [0.2, 0.25) is 0 Å². The van der Waals surface area contributed by atoms with Crippen LogP contribution in [0.3, 0.4) is 0 Å². The molecule has 1 aromatic heterocycles. The molecule has 7 heteroatoms. The molecule has 148 valence electrons. The number of hydrogen-bond acceptors (Lipinski definition) is 3. The number of hydrogen-bond donors (Lipinski definition) is 0. The van der Waals surface area contributed by atoms with Gasteiger partial charge in [0.15, 0.2) is 0 Å². The topological polar surface area (TPSA) is 55.0 Å². The molecule has 0 fully saturated rings. The Labute approximate surface area is 175 Å². The zero-order chi connectivity index (χ0) is 21.0. The lowest BCUT2D eigenvalue weighted by Gasteiger charge is -2.16. The number of ether oxygens (including phenoxy) is 1. The molecule has 0 unspecified atom stereocenters. The zero-order valence-corrected chi connectivity index (χ0v) is 17.2. The van der Waals surface area contributed by atoms with Crippen molar-refractivity contribution in [3.05, 3.63) is 97.4 Å². The fourth-order valence-corrected chi connectivity index (χ4v) is 3.39. The van der Waals surface area contributed by atoms with Crippen LogP contribution in [0.1, 0.15) is 22.4 Å². The molecule has 0 N–H and O–H groups in total. The van der Waals surface area contributed by atoms with Crippen LogP contribution >= 0.6 is 15.9 Å². The SMILES string of the molecule is Cc1cc(OCc2ccc(F)cc2F)c(Br)c(=O)n1Cc1ccccc1CC#N. The third-order valence-electron chi connectivity index (χ3n) is 4.53. The minimum atomic E-state index is -0.708. The summed E-state index contributed by atoms with van der Waals surface area (Å²) in [7, 11) is 0. The molecule has 3 aromatic rings. The summed E-state index contributed by atoms with van der Waals surface area (Å²) in [6.07, 6.45) is 0.259. The Morgan fingerprint density at radius 2 is 1.83 bits per heavy atom. The highest BCUT2D eigenvalue weighted by Gasteiger charge is 2.14. The molecule has 0 saturated heterocycles. The van der Waals surface area contributed by atoms with Crippen molar-refractivity contribution in [3.8, 4) is 11.8 Å². The van der Waals surface area contributed by atoms with Gasteiger partial charge in [-0.1, -0.05) is 24.3 Å². The summed E-state index contributed by atoms with van der Waals surface area (Å²) < 4.78 is 34.2. The van der Waals surface area contributed by atoms with E-state index in [2.05, 4.69) is 22.0 Å². The highest BCUT2D eigenvalue weighted by atomic mass is 79.9. The van der Waals surface area contributed by atoms with Gasteiger partial charge in [0.2, 0.25) is 0 Å². The van der Waals surface area contributed by atoms with E-state index in [0.29, 0.717) is 12.2 Å². The van der Waals surface area contributed by atoms with E-state index in [1.807, 2.05) is 24.3 Å². The maximum absolute atomic E-state index is 13.8. The zero-order valence-electron chi connectivity index (χ0n) is 15.6. The molecule has 4 nitrogen and oxygen atoms in total. The Hall–Kier alpha value is -2.98. The largest absolute Gasteiger partial charge is 0.487 e. The molecule has 2 aromatic carbocycles. The Morgan fingerprint density at radius 1 is 1.10 bits per heavy atom. The Morgan fingerprint density at radius 3 is 2.52 bits per heavy atom. The average molecular weight is 459 g/mol. The second-order valence-electron chi connectivity index (χ2n) is 6.48. The maximum atomic E-state index is 13.8. The van der Waals surface area contributed by atoms with Gasteiger partial charge >= 0.3 is 0 Å². The van der Waals surface area contributed by atoms with Crippen molar-refractivity contribution in [2.45, 2.75) is 26.5 Å². The van der Waals surface area contributed by atoms with Crippen molar-refractivity contribution in [3.63, 3.8) is 0 Å². The first kappa shape index (κ1) is 20.7. The minimum absolute atomic E-state index is 0.140. The van der Waals surface area contributed by atoms with E-state index in [4.69, 9.17) is 10.00 Å². The number of pyridine rings is 1. The molecule has 3 rings (SSSR count). The normalized spacial score (nSPS) is 10.6. The lowest BCUT2D eigenvalue weighted by Crippen LogP contribution is -2.24. The lowest BCUT2D eigenvalue weighted by atomic mass is 10.0. The highest BCUT2D eigenvalue weighted by molar-refractivity contribution is 9.10. The van der Waals surface area contributed by atoms with Gasteiger partial charge in [-0.25, -0.2) is 8.78 Å². The number of aryl methyl sites for hydroxylation is 1. The van der Waals surface area contributed by atoms with Crippen molar-refractivity contribution in [1.29, 1.82) is 5.26 Å². The summed E-state index contributed by atoms with van der Waals surface area (Å²) in [5.74, 6) is -1.10. The summed E-state index contributed by atoms with van der Waals surface area (Å²) in [4.78, 5) is 12.9. The van der Waals surface area contributed by atoms with Crippen LogP contribution in [0, 0.1) is 29.9 Å². The molecule has 0 atom stereocenters. The fourth-order valence-electron chi connectivity index (χ4n) is 2.95. The Bertz CT molecular complexity index is 1150. The average Bonchev–Trinajstić information content (AvgIpc) is 2.69. The second kappa shape index (κ2) is 9.01. The second-order valence-corrected chi connectivity index (χ2v) is 7.28. The van der Waals surface area contributed by atoms with Crippen LogP contribution in [0.4, 0.5) is 8.78 Å². The molecular formula is C22H17BrF2N2O2. The van der Waals surface area contributed by atoms with E-state index in [1.54, 1.807) is 17.6 Å². The Kier molecular flexibility index (Phi) is 6.45. The van der Waals surface area contributed by atoms with Crippen molar-refractivity contribution in [2.75, 3.05) is 0 Å². The van der Waals surface area contributed by atoms with Gasteiger partial charge in [0.1, 0.15) is 28.5 Å². The molecule has 0 aliphatic rings. The van der Waals surface area contributed by atoms with E-state index in [0.717, 1.165) is 23.3 Å². The molecule has 29 heavy (non-hydrogen) atoms. The lowest BCUT2D eigenvalue weighted by molar-refractivity contribution is 0.295. The summed E-state index contributed by atoms with van der Waals surface area (Å²) in [6, 6.07) is 14.5. The number of rotatable bonds is 6. The van der Waals surface area contributed by atoms with E-state index < -0.39 is 11.6 Å². The van der Waals surface area contributed by atoms with Crippen LogP contribution in [-0.4, -0.2) is 4.57 Å². The molecule has 0 aliphatic heterocycles. The van der Waals surface area contributed by atoms with Gasteiger partial charge in [-0.15, -0.1) is 0 Å². The molecule has 0 spiro atoms. The molecule has 0 bridgehead atoms. The van der Waals surface area contributed by atoms with Crippen LogP contribution < -0.4 is 10.3 Å². The standard InChI is InChI=1S/C22H17BrF2N2O2/c1-14-10-20(29-13-17-6-7-18(24)11-19(17)25)21(23)22(28)27(14)12-16-5-3-2-4-15(16)8-9-26/h2-7,10-11H,8,12-13H2,1H3. The van der Waals surface area contributed by atoms with E-state index >= 15 is 0 Å². The maximum Gasteiger partial charge on any atom is 0.269 e. The predicted molar refractivity (Wildman–Crippen MR) is 109 cm³/mol. The number of nitriles is 1. The van der Waals surface area contributed by atoms with Crippen LogP contribution in [0.15, 0.2) is 57.8 Å². The van der Waals surface area contributed by atoms with Crippen molar-refractivity contribution < 1.29 is 13.5 Å². The third kappa shape index (κ3) is 4.72. The number of benzene rings is 2. The van der Waals surface area contributed by atoms with E-state index in [9.17, 15) is 13.6 Å². The van der Waals surface area contributed by atoms with E-state index in [-0.39, 0.29) is 34.4 Å². The summed E-state index contributed by atoms with van der Waals surface area (Å²) in [5.41, 5.74) is 2.29. The number of nitrogens with zero attached hydrogens (tertiary/aromatic N) is 2. The van der Waals surface area contributed by atoms with Gasteiger partial charge in [0.05, 0.1) is 19.0 Å². The van der Waals surface area contributed by atoms with Gasteiger partial charge in [-0.3, -0.25) is 4.79 Å². The van der Waals surface area contributed by atoms with Crippen molar-refractivity contribution in [1.82, 2.24) is 4.57 Å². The van der Waals surface area contributed by atoms with Crippen LogP contribution in [0.5, 0.6) is 5.75 Å². The first-order chi connectivity index (χ1) is 13.9. The van der Waals surface area contributed by atoms with Gasteiger partial charge < -0.3 is 9.30 Å². The molecule has 0 amide bonds. The Balaban J connectivity index is 1.87. The van der Waals surface area contributed by atoms with Crippen LogP contribution in [-0.2, 0) is 19.6 Å². The predicted octanol–water partition coefficient (Wildman–Crippen LogP) is 4.89. The minimum Gasteiger partial charge on any atom is -0.487 e. The number of halogens is 3. The molecule has 0 radical (unpaired) electrons. The van der Waals surface area contributed by atoms with Crippen molar-refractivity contribution >= 4 is 15.9 Å². The smallest absolute Gasteiger partial charge is 0.269 e. The van der Waals surface area contributed by atoms with Gasteiger partial charge in [0.25, 0.3) is 5.56 Å². The van der Waals surface area contributed by atoms with Crippen LogP contribution in [0.25, 0.3) is 0 Å². The fraction of sp³-hybridized carbons (Fsp3) is 0.182. The molecule has 0 saturated carbocycles. The first-order valence-corrected chi connectivity index (χ1v) is 9.60. The van der Waals surface area contributed by atoms with Crippen molar-refractivity contribution in [2.24, 2.45) is 0 Å². The first-order valence-electron chi connectivity index (χ1n) is 8.81. The summed E-state index contributed by atoms with van der Waals surface area (Å²) >= 11 is 3.27. The number of aromatic nitrogens is 1. The quantitative estimate of drug-likeness (QED) is 0.528. The molecule has 1 heterocycles. The highest BCUT2D eigenvalue weighted by Crippen LogP contribution is 2.25. The molecular weight excluding hydrogens is 442 g/mol. The molecule has 0 aliphatic carbocycles. The van der Waals surface area contributed by atoms with Gasteiger partial charge in [-0.05, 0) is 46.1 Å². The third-order valence-corrected chi connectivity index (χ3v) is 5.26. The van der Waals surface area contributed by atoms with E-state index in [1.165, 1.54) is 6.07 Å². The summed E-state index contributed by atoms with van der Waals surface area (Å²) in [5, 5.41) is 9.00. The monoisotopic (exact) mass is 458 g/mol. The van der Waals surface area contributed by atoms with Gasteiger partial charge in [0, 0.05) is 23.4 Å².